The van der Waals surface area contributed by atoms with E-state index in [9.17, 15) is 8.42 Å². The van der Waals surface area contributed by atoms with E-state index >= 15 is 4.39 Å². The van der Waals surface area contributed by atoms with Gasteiger partial charge in [-0.2, -0.15) is 0 Å². The van der Waals surface area contributed by atoms with E-state index in [1.807, 2.05) is 24.3 Å². The van der Waals surface area contributed by atoms with E-state index in [0.717, 1.165) is 48.6 Å². The van der Waals surface area contributed by atoms with Crippen LogP contribution in [0.25, 0.3) is 22.0 Å². The van der Waals surface area contributed by atoms with Crippen LogP contribution in [0.5, 0.6) is 0 Å². The number of halogens is 1. The molecule has 0 radical (unpaired) electrons. The highest BCUT2D eigenvalue weighted by Gasteiger charge is 2.19. The summed E-state index contributed by atoms with van der Waals surface area (Å²) in [6.07, 6.45) is 5.47. The number of hydrogen-bond acceptors (Lipinski definition) is 8. The summed E-state index contributed by atoms with van der Waals surface area (Å²) < 4.78 is 44.2. The van der Waals surface area contributed by atoms with E-state index in [4.69, 9.17) is 4.98 Å². The van der Waals surface area contributed by atoms with Crippen LogP contribution in [0.3, 0.4) is 0 Å². The van der Waals surface area contributed by atoms with E-state index in [0.29, 0.717) is 26.9 Å². The zero-order valence-corrected chi connectivity index (χ0v) is 23.6. The molecule has 1 aliphatic heterocycles. The van der Waals surface area contributed by atoms with Crippen molar-refractivity contribution >= 4 is 44.2 Å². The molecule has 6 rings (SSSR count). The van der Waals surface area contributed by atoms with Crippen LogP contribution in [0.1, 0.15) is 12.8 Å². The first kappa shape index (κ1) is 27.1. The first-order valence-corrected chi connectivity index (χ1v) is 15.5. The number of aromatic nitrogens is 3. The van der Waals surface area contributed by atoms with Crippen molar-refractivity contribution in [1.29, 1.82) is 0 Å². The molecule has 0 saturated carbocycles. The smallest absolute Gasteiger partial charge is 0.262 e. The number of nitrogens with zero attached hydrogens (tertiary/aromatic N) is 3. The number of sulfonamides is 1. The molecule has 0 spiro atoms. The second kappa shape index (κ2) is 11.8. The number of fused-ring (bicyclic) bond motifs is 1. The summed E-state index contributed by atoms with van der Waals surface area (Å²) >= 11 is 1.15. The second-order valence-electron chi connectivity index (χ2n) is 9.64. The van der Waals surface area contributed by atoms with Crippen LogP contribution in [0.4, 0.5) is 16.0 Å². The minimum atomic E-state index is -3.95. The summed E-state index contributed by atoms with van der Waals surface area (Å²) in [4.78, 5) is 14.0. The first-order chi connectivity index (χ1) is 20.0. The van der Waals surface area contributed by atoms with Crippen molar-refractivity contribution in [2.24, 2.45) is 0 Å². The van der Waals surface area contributed by atoms with Gasteiger partial charge in [0.2, 0.25) is 5.95 Å². The molecule has 3 aromatic carbocycles. The number of pyridine rings is 1. The summed E-state index contributed by atoms with van der Waals surface area (Å²) in [6.45, 7) is 1.87. The monoisotopic (exact) mass is 586 g/mol. The Hall–Kier alpha value is -4.06. The summed E-state index contributed by atoms with van der Waals surface area (Å²) in [6, 6.07) is 22.3. The molecular formula is C30H27FN6O2S2. The molecule has 0 bridgehead atoms. The van der Waals surface area contributed by atoms with Crippen LogP contribution < -0.4 is 15.4 Å². The molecule has 1 saturated heterocycles. The Labute approximate surface area is 241 Å². The van der Waals surface area contributed by atoms with Gasteiger partial charge in [-0.25, -0.2) is 27.8 Å². The maximum absolute atomic E-state index is 15.3. The largest absolute Gasteiger partial charge is 0.350 e. The summed E-state index contributed by atoms with van der Waals surface area (Å²) in [5, 5.41) is 8.72. The third kappa shape index (κ3) is 6.17. The molecular weight excluding hydrogens is 560 g/mol. The highest BCUT2D eigenvalue weighted by atomic mass is 32.2. The maximum atomic E-state index is 15.3. The molecule has 1 fully saturated rings. The first-order valence-electron chi connectivity index (χ1n) is 13.2. The fourth-order valence-electron chi connectivity index (χ4n) is 4.79. The lowest BCUT2D eigenvalue weighted by atomic mass is 10.1. The molecule has 1 atom stereocenters. The summed E-state index contributed by atoms with van der Waals surface area (Å²) in [5.41, 5.74) is 1.54. The van der Waals surface area contributed by atoms with Crippen LogP contribution in [0.15, 0.2) is 106 Å². The van der Waals surface area contributed by atoms with Gasteiger partial charge in [-0.05, 0) is 67.2 Å². The Morgan fingerprint density at radius 3 is 2.68 bits per heavy atom. The Balaban J connectivity index is 1.22. The highest BCUT2D eigenvalue weighted by molar-refractivity contribution is 7.99. The molecule has 3 heterocycles. The van der Waals surface area contributed by atoms with Gasteiger partial charge in [-0.1, -0.05) is 48.2 Å². The Morgan fingerprint density at radius 1 is 0.951 bits per heavy atom. The van der Waals surface area contributed by atoms with Gasteiger partial charge in [0.05, 0.1) is 16.3 Å². The fourth-order valence-corrected chi connectivity index (χ4v) is 6.97. The Bertz CT molecular complexity index is 1810. The molecule has 2 aromatic heterocycles. The zero-order chi connectivity index (χ0) is 28.2. The number of benzene rings is 3. The van der Waals surface area contributed by atoms with Crippen molar-refractivity contribution in [3.63, 3.8) is 0 Å². The third-order valence-electron chi connectivity index (χ3n) is 6.76. The van der Waals surface area contributed by atoms with E-state index in [1.165, 1.54) is 12.1 Å². The van der Waals surface area contributed by atoms with E-state index < -0.39 is 15.8 Å². The van der Waals surface area contributed by atoms with Gasteiger partial charge in [-0.15, -0.1) is 0 Å². The molecule has 1 aliphatic rings. The van der Waals surface area contributed by atoms with Crippen LogP contribution >= 0.6 is 11.8 Å². The van der Waals surface area contributed by atoms with Gasteiger partial charge in [0.15, 0.2) is 0 Å². The number of nitrogens with one attached hydrogen (secondary N) is 3. The van der Waals surface area contributed by atoms with Gasteiger partial charge in [0.25, 0.3) is 10.0 Å². The highest BCUT2D eigenvalue weighted by Crippen LogP contribution is 2.36. The lowest BCUT2D eigenvalue weighted by molar-refractivity contribution is 0.478. The molecule has 0 amide bonds. The lowest BCUT2D eigenvalue weighted by Gasteiger charge is -2.23. The molecule has 0 aliphatic carbocycles. The molecule has 8 nitrogen and oxygen atoms in total. The molecule has 0 unspecified atom stereocenters. The quantitative estimate of drug-likeness (QED) is 0.205. The van der Waals surface area contributed by atoms with Crippen molar-refractivity contribution < 1.29 is 12.8 Å². The third-order valence-corrected chi connectivity index (χ3v) is 9.27. The Morgan fingerprint density at radius 2 is 1.83 bits per heavy atom. The van der Waals surface area contributed by atoms with Crippen LogP contribution in [-0.2, 0) is 10.0 Å². The molecule has 41 heavy (non-hydrogen) atoms. The topological polar surface area (TPSA) is 109 Å². The number of rotatable bonds is 8. The van der Waals surface area contributed by atoms with Crippen molar-refractivity contribution in [3.05, 3.63) is 97.1 Å². The predicted molar refractivity (Wildman–Crippen MR) is 160 cm³/mol. The standard InChI is InChI=1S/C30H27FN6O2S2/c31-25-18-21(37-41(38,39)28-11-3-7-20-6-1-2-9-23(20)28)12-13-27(25)40-29-24(10-5-16-33-29)26-14-17-34-30(36-26)35-22-8-4-15-32-19-22/h1-3,5-7,9-14,16-18,22,32,37H,4,8,15,19H2,(H,34,35,36)/t22-/m0/s1. The zero-order valence-electron chi connectivity index (χ0n) is 21.9. The van der Waals surface area contributed by atoms with Crippen molar-refractivity contribution in [2.45, 2.75) is 33.7 Å². The van der Waals surface area contributed by atoms with Crippen molar-refractivity contribution in [3.8, 4) is 11.3 Å². The molecule has 11 heteroatoms. The minimum Gasteiger partial charge on any atom is -0.350 e. The van der Waals surface area contributed by atoms with Gasteiger partial charge >= 0.3 is 0 Å². The van der Waals surface area contributed by atoms with E-state index in [1.54, 1.807) is 54.9 Å². The number of piperidine rings is 1. The van der Waals surface area contributed by atoms with Crippen LogP contribution in [0.2, 0.25) is 0 Å². The van der Waals surface area contributed by atoms with E-state index in [-0.39, 0.29) is 16.6 Å². The SMILES string of the molecule is O=S(=O)(Nc1ccc(Sc2ncccc2-c2ccnc(N[C@H]3CCCNC3)n2)c(F)c1)c1cccc2ccccc12. The van der Waals surface area contributed by atoms with Crippen molar-refractivity contribution in [2.75, 3.05) is 23.1 Å². The van der Waals surface area contributed by atoms with Crippen molar-refractivity contribution in [1.82, 2.24) is 20.3 Å². The van der Waals surface area contributed by atoms with Gasteiger partial charge in [0, 0.05) is 40.8 Å². The van der Waals surface area contributed by atoms with Gasteiger partial charge < -0.3 is 10.6 Å². The summed E-state index contributed by atoms with van der Waals surface area (Å²) in [7, 11) is -3.95. The van der Waals surface area contributed by atoms with Gasteiger partial charge in [-0.3, -0.25) is 4.72 Å². The minimum absolute atomic E-state index is 0.129. The normalized spacial score (nSPS) is 15.5. The average Bonchev–Trinajstić information content (AvgIpc) is 2.99. The number of anilines is 2. The van der Waals surface area contributed by atoms with Crippen LogP contribution in [-0.4, -0.2) is 42.5 Å². The van der Waals surface area contributed by atoms with Gasteiger partial charge in [0.1, 0.15) is 10.8 Å². The van der Waals surface area contributed by atoms with Crippen LogP contribution in [0, 0.1) is 5.82 Å². The molecule has 208 valence electrons. The molecule has 3 N–H and O–H groups in total. The fraction of sp³-hybridized carbons (Fsp3) is 0.167. The second-order valence-corrected chi connectivity index (χ2v) is 12.3. The maximum Gasteiger partial charge on any atom is 0.262 e. The molecule has 5 aromatic rings. The Kier molecular flexibility index (Phi) is 7.82. The lowest BCUT2D eigenvalue weighted by Crippen LogP contribution is -2.38. The van der Waals surface area contributed by atoms with E-state index in [2.05, 4.69) is 25.3 Å². The summed E-state index contributed by atoms with van der Waals surface area (Å²) in [5.74, 6) is -0.0374. The average molecular weight is 587 g/mol. The number of hydrogen-bond donors (Lipinski definition) is 3. The predicted octanol–water partition coefficient (Wildman–Crippen LogP) is 5.95.